The largest absolute Gasteiger partial charge is 0.248 e. The van der Waals surface area contributed by atoms with E-state index in [1.54, 1.807) is 0 Å². The predicted octanol–water partition coefficient (Wildman–Crippen LogP) is 11.0. The summed E-state index contributed by atoms with van der Waals surface area (Å²) in [5.41, 5.74) is 12.9. The molecule has 4 aromatic carbocycles. The molecule has 0 aliphatic heterocycles. The first kappa shape index (κ1) is 27.3. The van der Waals surface area contributed by atoms with Crippen molar-refractivity contribution in [2.75, 3.05) is 0 Å². The molecule has 0 saturated heterocycles. The Bertz CT molecular complexity index is 1530. The van der Waals surface area contributed by atoms with Crippen LogP contribution in [0.15, 0.2) is 116 Å². The van der Waals surface area contributed by atoms with Crippen LogP contribution in [-0.2, 0) is 10.8 Å². The van der Waals surface area contributed by atoms with Gasteiger partial charge in [0.2, 0.25) is 0 Å². The van der Waals surface area contributed by atoms with E-state index in [-0.39, 0.29) is 10.8 Å². The zero-order valence-corrected chi connectivity index (χ0v) is 24.6. The number of rotatable bonds is 5. The van der Waals surface area contributed by atoms with Gasteiger partial charge in [0, 0.05) is 11.1 Å². The first-order valence-electron chi connectivity index (χ1n) is 14.1. The van der Waals surface area contributed by atoms with Gasteiger partial charge in [-0.05, 0) is 61.9 Å². The SMILES string of the molecule is C=Cc1ccc(-c2ccc(-c3cc(-c4ccc(C(C)(C)C)cc4)nc(-c4ccc(C(C)(C)C)cc4)c3)cc2)cc1. The van der Waals surface area contributed by atoms with Crippen LogP contribution in [0.3, 0.4) is 0 Å². The third kappa shape index (κ3) is 6.00. The molecule has 1 heteroatoms. The quantitative estimate of drug-likeness (QED) is 0.224. The molecule has 0 atom stereocenters. The Labute approximate surface area is 240 Å². The van der Waals surface area contributed by atoms with Gasteiger partial charge >= 0.3 is 0 Å². The molecule has 0 radical (unpaired) electrons. The summed E-state index contributed by atoms with van der Waals surface area (Å²) in [6.07, 6.45) is 1.87. The Morgan fingerprint density at radius 3 is 1.12 bits per heavy atom. The summed E-state index contributed by atoms with van der Waals surface area (Å²) in [4.78, 5) is 5.16. The Kier molecular flexibility index (Phi) is 7.34. The normalized spacial score (nSPS) is 11.8. The second kappa shape index (κ2) is 10.7. The molecular weight excluding hydrogens is 482 g/mol. The van der Waals surface area contributed by atoms with Crippen molar-refractivity contribution in [2.45, 2.75) is 52.4 Å². The van der Waals surface area contributed by atoms with Crippen molar-refractivity contribution in [2.24, 2.45) is 0 Å². The summed E-state index contributed by atoms with van der Waals surface area (Å²) >= 11 is 0. The molecule has 0 bridgehead atoms. The predicted molar refractivity (Wildman–Crippen MR) is 173 cm³/mol. The highest BCUT2D eigenvalue weighted by Gasteiger charge is 2.16. The van der Waals surface area contributed by atoms with Gasteiger partial charge in [-0.2, -0.15) is 0 Å². The van der Waals surface area contributed by atoms with Crippen molar-refractivity contribution >= 4 is 6.08 Å². The smallest absolute Gasteiger partial charge is 0.0715 e. The molecule has 0 aliphatic rings. The van der Waals surface area contributed by atoms with Crippen LogP contribution in [0.4, 0.5) is 0 Å². The van der Waals surface area contributed by atoms with E-state index >= 15 is 0 Å². The van der Waals surface area contributed by atoms with Gasteiger partial charge < -0.3 is 0 Å². The Morgan fingerprint density at radius 1 is 0.450 bits per heavy atom. The average molecular weight is 522 g/mol. The van der Waals surface area contributed by atoms with Crippen molar-refractivity contribution in [3.63, 3.8) is 0 Å². The first-order chi connectivity index (χ1) is 19.0. The fourth-order valence-corrected chi connectivity index (χ4v) is 4.94. The molecule has 1 aromatic heterocycles. The number of benzene rings is 4. The molecule has 200 valence electrons. The minimum absolute atomic E-state index is 0.113. The topological polar surface area (TPSA) is 12.9 Å². The number of hydrogen-bond donors (Lipinski definition) is 0. The molecule has 0 N–H and O–H groups in total. The molecule has 5 aromatic rings. The lowest BCUT2D eigenvalue weighted by atomic mass is 9.86. The van der Waals surface area contributed by atoms with Crippen molar-refractivity contribution in [1.29, 1.82) is 0 Å². The standard InChI is InChI=1S/C39H39N/c1-8-27-9-11-28(12-10-27)29-13-15-30(16-14-29)33-25-36(31-17-21-34(22-18-31)38(2,3)4)40-37(26-33)32-19-23-35(24-20-32)39(5,6)7/h8-26H,1H2,2-7H3. The van der Waals surface area contributed by atoms with Crippen molar-refractivity contribution in [3.8, 4) is 44.8 Å². The van der Waals surface area contributed by atoms with Crippen LogP contribution in [0.1, 0.15) is 58.2 Å². The lowest BCUT2D eigenvalue weighted by Crippen LogP contribution is -2.10. The Balaban J connectivity index is 1.57. The Morgan fingerprint density at radius 2 is 0.775 bits per heavy atom. The van der Waals surface area contributed by atoms with E-state index in [0.29, 0.717) is 0 Å². The molecule has 40 heavy (non-hydrogen) atoms. The summed E-state index contributed by atoms with van der Waals surface area (Å²) < 4.78 is 0. The molecule has 0 amide bonds. The molecular formula is C39H39N. The van der Waals surface area contributed by atoms with Crippen LogP contribution in [0.5, 0.6) is 0 Å². The summed E-state index contributed by atoms with van der Waals surface area (Å²) in [5, 5.41) is 0. The molecule has 0 unspecified atom stereocenters. The van der Waals surface area contributed by atoms with Crippen LogP contribution in [0.2, 0.25) is 0 Å². The van der Waals surface area contributed by atoms with E-state index < -0.39 is 0 Å². The van der Waals surface area contributed by atoms with Crippen LogP contribution >= 0.6 is 0 Å². The number of hydrogen-bond acceptors (Lipinski definition) is 1. The monoisotopic (exact) mass is 521 g/mol. The van der Waals surface area contributed by atoms with Gasteiger partial charge in [0.25, 0.3) is 0 Å². The number of nitrogens with zero attached hydrogens (tertiary/aromatic N) is 1. The lowest BCUT2D eigenvalue weighted by molar-refractivity contribution is 0.590. The molecule has 0 spiro atoms. The minimum atomic E-state index is 0.113. The Hall–Kier alpha value is -4.23. The van der Waals surface area contributed by atoms with Crippen LogP contribution in [0.25, 0.3) is 50.8 Å². The van der Waals surface area contributed by atoms with Gasteiger partial charge in [-0.15, -0.1) is 0 Å². The highest BCUT2D eigenvalue weighted by Crippen LogP contribution is 2.33. The second-order valence-corrected chi connectivity index (χ2v) is 12.7. The van der Waals surface area contributed by atoms with Gasteiger partial charge in [0.15, 0.2) is 0 Å². The molecule has 0 saturated carbocycles. The summed E-state index contributed by atoms with van der Waals surface area (Å²) in [6, 6.07) is 39.5. The lowest BCUT2D eigenvalue weighted by Gasteiger charge is -2.20. The number of pyridine rings is 1. The van der Waals surface area contributed by atoms with E-state index in [0.717, 1.165) is 33.6 Å². The summed E-state index contributed by atoms with van der Waals surface area (Å²) in [7, 11) is 0. The molecule has 1 nitrogen and oxygen atoms in total. The zero-order chi connectivity index (χ0) is 28.5. The van der Waals surface area contributed by atoms with Crippen molar-refractivity contribution in [1.82, 2.24) is 4.98 Å². The van der Waals surface area contributed by atoms with E-state index in [1.807, 2.05) is 6.08 Å². The van der Waals surface area contributed by atoms with Crippen LogP contribution in [0, 0.1) is 0 Å². The highest BCUT2D eigenvalue weighted by atomic mass is 14.7. The zero-order valence-electron chi connectivity index (χ0n) is 24.6. The van der Waals surface area contributed by atoms with Crippen molar-refractivity contribution in [3.05, 3.63) is 132 Å². The van der Waals surface area contributed by atoms with E-state index in [1.165, 1.54) is 27.8 Å². The van der Waals surface area contributed by atoms with Crippen LogP contribution in [-0.4, -0.2) is 4.98 Å². The maximum absolute atomic E-state index is 5.16. The highest BCUT2D eigenvalue weighted by molar-refractivity contribution is 5.78. The fourth-order valence-electron chi connectivity index (χ4n) is 4.94. The molecule has 0 aliphatic carbocycles. The molecule has 0 fully saturated rings. The van der Waals surface area contributed by atoms with E-state index in [2.05, 4.69) is 157 Å². The van der Waals surface area contributed by atoms with Gasteiger partial charge in [0.1, 0.15) is 0 Å². The maximum Gasteiger partial charge on any atom is 0.0715 e. The number of aromatic nitrogens is 1. The summed E-state index contributed by atoms with van der Waals surface area (Å²) in [5.74, 6) is 0. The van der Waals surface area contributed by atoms with E-state index in [9.17, 15) is 0 Å². The third-order valence-corrected chi connectivity index (χ3v) is 7.62. The van der Waals surface area contributed by atoms with Gasteiger partial charge in [0.05, 0.1) is 11.4 Å². The second-order valence-electron chi connectivity index (χ2n) is 12.7. The maximum atomic E-state index is 5.16. The fraction of sp³-hybridized carbons (Fsp3) is 0.205. The van der Waals surface area contributed by atoms with Crippen molar-refractivity contribution < 1.29 is 0 Å². The van der Waals surface area contributed by atoms with Gasteiger partial charge in [-0.25, -0.2) is 4.98 Å². The third-order valence-electron chi connectivity index (χ3n) is 7.62. The first-order valence-corrected chi connectivity index (χ1v) is 14.1. The summed E-state index contributed by atoms with van der Waals surface area (Å²) in [6.45, 7) is 17.3. The average Bonchev–Trinajstić information content (AvgIpc) is 2.96. The minimum Gasteiger partial charge on any atom is -0.248 e. The van der Waals surface area contributed by atoms with E-state index in [4.69, 9.17) is 4.98 Å². The molecule has 5 rings (SSSR count). The van der Waals surface area contributed by atoms with Gasteiger partial charge in [-0.1, -0.05) is 151 Å². The van der Waals surface area contributed by atoms with Crippen LogP contribution < -0.4 is 0 Å². The molecule has 1 heterocycles. The van der Waals surface area contributed by atoms with Gasteiger partial charge in [-0.3, -0.25) is 0 Å².